The van der Waals surface area contributed by atoms with E-state index in [0.717, 1.165) is 11.1 Å². The molecule has 2 aliphatic heterocycles. The molecule has 9 N–H and O–H groups in total. The fraction of sp³-hybridized carbons (Fsp3) is 0.512. The zero-order chi connectivity index (χ0) is 42.5. The van der Waals surface area contributed by atoms with Crippen LogP contribution in [0.15, 0.2) is 53.5 Å². The molecule has 0 bridgehead atoms. The number of hydrogen-bond donors (Lipinski definition) is 8. The van der Waals surface area contributed by atoms with Crippen molar-refractivity contribution in [3.63, 3.8) is 0 Å². The maximum atomic E-state index is 14.1. The van der Waals surface area contributed by atoms with Gasteiger partial charge in [-0.3, -0.25) is 38.6 Å². The van der Waals surface area contributed by atoms with Crippen molar-refractivity contribution >= 4 is 47.6 Å². The van der Waals surface area contributed by atoms with E-state index in [1.807, 2.05) is 38.1 Å². The van der Waals surface area contributed by atoms with E-state index in [1.54, 1.807) is 26.0 Å². The van der Waals surface area contributed by atoms with Gasteiger partial charge >= 0.3 is 0 Å². The second-order valence-electron chi connectivity index (χ2n) is 15.3. The van der Waals surface area contributed by atoms with Gasteiger partial charge in [-0.25, -0.2) is 0 Å². The summed E-state index contributed by atoms with van der Waals surface area (Å²) in [5.41, 5.74) is 7.87. The Hall–Kier alpha value is -5.84. The second kappa shape index (κ2) is 21.1. The molecule has 0 aliphatic carbocycles. The van der Waals surface area contributed by atoms with E-state index in [-0.39, 0.29) is 43.9 Å². The predicted molar refractivity (Wildman–Crippen MR) is 214 cm³/mol. The first kappa shape index (κ1) is 44.9. The molecule has 4 rings (SSSR count). The van der Waals surface area contributed by atoms with Crippen molar-refractivity contribution in [2.45, 2.75) is 102 Å². The van der Waals surface area contributed by atoms with E-state index in [2.05, 4.69) is 31.6 Å². The van der Waals surface area contributed by atoms with Gasteiger partial charge in [-0.2, -0.15) is 0 Å². The average molecular weight is 805 g/mol. The Labute approximate surface area is 338 Å². The molecule has 0 radical (unpaired) electrons. The lowest BCUT2D eigenvalue weighted by atomic mass is 9.97. The van der Waals surface area contributed by atoms with Gasteiger partial charge in [0.05, 0.1) is 19.2 Å². The molecular formula is C41H56N8O9. The zero-order valence-corrected chi connectivity index (χ0v) is 33.4. The predicted octanol–water partition coefficient (Wildman–Crippen LogP) is -0.465. The quantitative estimate of drug-likeness (QED) is 0.154. The number of fused-ring (bicyclic) bond motifs is 1. The van der Waals surface area contributed by atoms with Crippen molar-refractivity contribution in [1.29, 1.82) is 0 Å². The Bertz CT molecular complexity index is 1820. The highest BCUT2D eigenvalue weighted by atomic mass is 16.3. The number of aryl methyl sites for hydroxylation is 1. The number of rotatable bonds is 10. The van der Waals surface area contributed by atoms with Gasteiger partial charge in [0, 0.05) is 25.6 Å². The second-order valence-corrected chi connectivity index (χ2v) is 15.3. The summed E-state index contributed by atoms with van der Waals surface area (Å²) in [7, 11) is 0. The number of phenols is 1. The van der Waals surface area contributed by atoms with Crippen LogP contribution in [0.25, 0.3) is 0 Å². The van der Waals surface area contributed by atoms with Crippen molar-refractivity contribution < 1.29 is 43.8 Å². The number of aliphatic imine (C=N–C) groups is 1. The van der Waals surface area contributed by atoms with E-state index in [1.165, 1.54) is 23.2 Å². The lowest BCUT2D eigenvalue weighted by Crippen LogP contribution is -2.60. The van der Waals surface area contributed by atoms with Crippen LogP contribution in [0.3, 0.4) is 0 Å². The Morgan fingerprint density at radius 2 is 1.53 bits per heavy atom. The molecule has 0 spiro atoms. The van der Waals surface area contributed by atoms with Gasteiger partial charge in [0.1, 0.15) is 36.0 Å². The number of nitrogens with two attached hydrogens (primary N) is 1. The van der Waals surface area contributed by atoms with Crippen LogP contribution in [0.2, 0.25) is 0 Å². The molecule has 7 amide bonds. The number of aliphatic hydroxyl groups is 1. The van der Waals surface area contributed by atoms with Crippen LogP contribution >= 0.6 is 0 Å². The summed E-state index contributed by atoms with van der Waals surface area (Å²) < 4.78 is 0. The summed E-state index contributed by atoms with van der Waals surface area (Å²) in [6.07, 6.45) is 1.95. The number of hydrogen-bond acceptors (Lipinski definition) is 10. The van der Waals surface area contributed by atoms with Gasteiger partial charge in [0.15, 0.2) is 0 Å². The molecule has 314 valence electrons. The maximum Gasteiger partial charge on any atom is 0.248 e. The normalized spacial score (nSPS) is 25.9. The van der Waals surface area contributed by atoms with Crippen LogP contribution in [0.1, 0.15) is 63.1 Å². The average Bonchev–Trinajstić information content (AvgIpc) is 3.60. The Balaban J connectivity index is 1.76. The summed E-state index contributed by atoms with van der Waals surface area (Å²) in [5, 5.41) is 33.5. The highest BCUT2D eigenvalue weighted by molar-refractivity contribution is 5.97. The number of aromatic hydroxyl groups is 1. The Kier molecular flexibility index (Phi) is 16.3. The topological polar surface area (TPSA) is 262 Å². The summed E-state index contributed by atoms with van der Waals surface area (Å²) in [4.78, 5) is 100. The lowest BCUT2D eigenvalue weighted by Gasteiger charge is -2.31. The van der Waals surface area contributed by atoms with Crippen molar-refractivity contribution in [2.24, 2.45) is 22.6 Å². The van der Waals surface area contributed by atoms with E-state index in [4.69, 9.17) is 5.73 Å². The molecule has 1 saturated heterocycles. The molecular weight excluding hydrogens is 748 g/mol. The largest absolute Gasteiger partial charge is 0.508 e. The van der Waals surface area contributed by atoms with Crippen molar-refractivity contribution in [2.75, 3.05) is 19.7 Å². The van der Waals surface area contributed by atoms with Gasteiger partial charge < -0.3 is 47.4 Å². The van der Waals surface area contributed by atoms with Crippen LogP contribution in [-0.4, -0.2) is 119 Å². The minimum atomic E-state index is -1.46. The first-order valence-corrected chi connectivity index (χ1v) is 19.6. The molecule has 2 heterocycles. The van der Waals surface area contributed by atoms with Crippen LogP contribution in [0.5, 0.6) is 5.75 Å². The number of primary amides is 1. The summed E-state index contributed by atoms with van der Waals surface area (Å²) >= 11 is 0. The van der Waals surface area contributed by atoms with E-state index in [0.29, 0.717) is 18.4 Å². The number of amides is 7. The Morgan fingerprint density at radius 1 is 0.879 bits per heavy atom. The third-order valence-electron chi connectivity index (χ3n) is 10.5. The van der Waals surface area contributed by atoms with Gasteiger partial charge in [0.25, 0.3) is 0 Å². The highest BCUT2D eigenvalue weighted by Crippen LogP contribution is 2.25. The minimum absolute atomic E-state index is 0.0192. The first-order valence-electron chi connectivity index (χ1n) is 19.6. The molecule has 58 heavy (non-hydrogen) atoms. The maximum absolute atomic E-state index is 14.1. The van der Waals surface area contributed by atoms with Crippen molar-refractivity contribution in [3.05, 3.63) is 65.2 Å². The fourth-order valence-corrected chi connectivity index (χ4v) is 6.90. The van der Waals surface area contributed by atoms with Gasteiger partial charge in [0.2, 0.25) is 41.4 Å². The van der Waals surface area contributed by atoms with Gasteiger partial charge in [-0.15, -0.1) is 0 Å². The number of carbonyl (C=O) groups excluding carboxylic acids is 7. The molecule has 1 fully saturated rings. The van der Waals surface area contributed by atoms with Crippen LogP contribution in [-0.2, 0) is 46.4 Å². The van der Waals surface area contributed by atoms with Crippen molar-refractivity contribution in [1.82, 2.24) is 31.5 Å². The molecule has 2 aliphatic rings. The van der Waals surface area contributed by atoms with Crippen LogP contribution < -0.4 is 32.3 Å². The summed E-state index contributed by atoms with van der Waals surface area (Å²) in [6.45, 7) is 6.08. The van der Waals surface area contributed by atoms with E-state index < -0.39 is 96.7 Å². The van der Waals surface area contributed by atoms with E-state index in [9.17, 15) is 43.8 Å². The monoisotopic (exact) mass is 804 g/mol. The van der Waals surface area contributed by atoms with Gasteiger partial charge in [-0.05, 0) is 61.3 Å². The standard InChI is InChI=1S/C41H56N8O9/c1-5-25(4)36-40(57)47-32(22-50)41(58)49-21-24(3)16-33(49)39(56)45-28(17-26-8-6-23(2)7-9-26)19-43-31(18-27-10-12-29(51)13-11-27)37(54)44-20-35(53)46-30(38(55)48-36)14-15-34(42)52/h6-13,19,24-25,28,30-33,36,50-51H,5,14-18,20-22H2,1-4H3,(H2,42,52)(H,44,54)(H,45,56)(H,46,53)(H,47,57)(H,48,55). The van der Waals surface area contributed by atoms with Crippen LogP contribution in [0, 0.1) is 18.8 Å². The number of carbonyl (C=O) groups is 7. The number of aliphatic hydroxyl groups excluding tert-OH is 1. The molecule has 17 nitrogen and oxygen atoms in total. The first-order chi connectivity index (χ1) is 27.6. The SMILES string of the molecule is CCC(C)C1NC(=O)C(CCC(N)=O)NC(=O)CNC(=O)C(Cc2ccc(O)cc2)N=CC(Cc2ccc(C)cc2)NC(=O)C2CC(C)CN2C(=O)C(CO)NC1=O. The van der Waals surface area contributed by atoms with Crippen molar-refractivity contribution in [3.8, 4) is 5.75 Å². The molecule has 0 saturated carbocycles. The molecule has 2 aromatic rings. The molecule has 8 atom stereocenters. The minimum Gasteiger partial charge on any atom is -0.508 e. The third kappa shape index (κ3) is 12.8. The fourth-order valence-electron chi connectivity index (χ4n) is 6.90. The van der Waals surface area contributed by atoms with Gasteiger partial charge in [-0.1, -0.05) is 69.2 Å². The summed E-state index contributed by atoms with van der Waals surface area (Å²) in [6, 6.07) is 6.89. The van der Waals surface area contributed by atoms with E-state index >= 15 is 0 Å². The molecule has 2 aromatic carbocycles. The number of phenolic OH excluding ortho intramolecular Hbond substituents is 1. The Morgan fingerprint density at radius 3 is 2.17 bits per heavy atom. The zero-order valence-electron chi connectivity index (χ0n) is 33.4. The third-order valence-corrected chi connectivity index (χ3v) is 10.5. The lowest BCUT2D eigenvalue weighted by molar-refractivity contribution is -0.143. The number of nitrogens with zero attached hydrogens (tertiary/aromatic N) is 2. The van der Waals surface area contributed by atoms with Crippen LogP contribution in [0.4, 0.5) is 0 Å². The number of benzene rings is 2. The highest BCUT2D eigenvalue weighted by Gasteiger charge is 2.42. The molecule has 17 heteroatoms. The molecule has 0 aromatic heterocycles. The summed E-state index contributed by atoms with van der Waals surface area (Å²) in [5.74, 6) is -5.56. The smallest absolute Gasteiger partial charge is 0.248 e. The molecule has 8 unspecified atom stereocenters. The number of nitrogens with one attached hydrogen (secondary N) is 5.